The molecule has 1 aliphatic rings. The second kappa shape index (κ2) is 10.1. The predicted octanol–water partition coefficient (Wildman–Crippen LogP) is 2.41. The van der Waals surface area contributed by atoms with E-state index in [0.29, 0.717) is 5.69 Å². The quantitative estimate of drug-likeness (QED) is 0.561. The Morgan fingerprint density at radius 2 is 1.58 bits per heavy atom. The van der Waals surface area contributed by atoms with E-state index < -0.39 is 34.5 Å². The molecule has 3 amide bonds. The van der Waals surface area contributed by atoms with Crippen molar-refractivity contribution >= 4 is 33.6 Å². The first-order chi connectivity index (χ1) is 14.8. The van der Waals surface area contributed by atoms with E-state index in [2.05, 4.69) is 15.4 Å². The maximum atomic E-state index is 12.4. The molecule has 3 rings (SSSR count). The second-order valence-electron chi connectivity index (χ2n) is 7.08. The molecule has 164 valence electrons. The lowest BCUT2D eigenvalue weighted by Crippen LogP contribution is -2.44. The minimum absolute atomic E-state index is 0.0331. The van der Waals surface area contributed by atoms with Crippen molar-refractivity contribution in [2.75, 3.05) is 11.3 Å². The Kier molecular flexibility index (Phi) is 7.24. The third kappa shape index (κ3) is 6.54. The molecule has 9 nitrogen and oxygen atoms in total. The molecule has 0 heterocycles. The van der Waals surface area contributed by atoms with E-state index in [-0.39, 0.29) is 16.5 Å². The van der Waals surface area contributed by atoms with Crippen molar-refractivity contribution in [3.8, 4) is 0 Å². The maximum Gasteiger partial charge on any atom is 0.338 e. The van der Waals surface area contributed by atoms with Crippen LogP contribution in [0.5, 0.6) is 0 Å². The van der Waals surface area contributed by atoms with Gasteiger partial charge in [0.15, 0.2) is 6.61 Å². The van der Waals surface area contributed by atoms with Crippen LogP contribution < -0.4 is 15.4 Å². The number of carbonyl (C=O) groups excluding carboxylic acids is 3. The van der Waals surface area contributed by atoms with Crippen molar-refractivity contribution in [3.63, 3.8) is 0 Å². The predicted molar refractivity (Wildman–Crippen MR) is 113 cm³/mol. The zero-order valence-corrected chi connectivity index (χ0v) is 17.5. The summed E-state index contributed by atoms with van der Waals surface area (Å²) in [5.41, 5.74) is 0.482. The van der Waals surface area contributed by atoms with Gasteiger partial charge in [-0.15, -0.1) is 0 Å². The molecular weight excluding hydrogens is 422 g/mol. The minimum Gasteiger partial charge on any atom is -0.452 e. The fourth-order valence-corrected chi connectivity index (χ4v) is 4.22. The van der Waals surface area contributed by atoms with Crippen LogP contribution in [0.4, 0.5) is 10.5 Å². The highest BCUT2D eigenvalue weighted by Gasteiger charge is 2.19. The van der Waals surface area contributed by atoms with Gasteiger partial charge in [-0.05, 0) is 49.2 Å². The van der Waals surface area contributed by atoms with E-state index >= 15 is 0 Å². The van der Waals surface area contributed by atoms with E-state index in [1.54, 1.807) is 30.3 Å². The smallest absolute Gasteiger partial charge is 0.338 e. The van der Waals surface area contributed by atoms with Crippen LogP contribution in [0.15, 0.2) is 59.5 Å². The number of nitrogens with one attached hydrogen (secondary N) is 3. The number of para-hydroxylation sites is 1. The molecule has 10 heteroatoms. The number of benzene rings is 2. The van der Waals surface area contributed by atoms with Gasteiger partial charge in [0.2, 0.25) is 0 Å². The number of ether oxygens (including phenoxy) is 1. The molecule has 0 atom stereocenters. The van der Waals surface area contributed by atoms with Crippen LogP contribution in [0.3, 0.4) is 0 Å². The monoisotopic (exact) mass is 445 g/mol. The Labute approximate surface area is 180 Å². The van der Waals surface area contributed by atoms with E-state index in [4.69, 9.17) is 4.74 Å². The zero-order chi connectivity index (χ0) is 22.3. The molecule has 0 saturated heterocycles. The Balaban J connectivity index is 1.49. The molecule has 0 radical (unpaired) electrons. The lowest BCUT2D eigenvalue weighted by Gasteiger charge is -2.12. The summed E-state index contributed by atoms with van der Waals surface area (Å²) in [4.78, 5) is 35.6. The summed E-state index contributed by atoms with van der Waals surface area (Å²) < 4.78 is 32.1. The molecule has 0 aliphatic heterocycles. The largest absolute Gasteiger partial charge is 0.452 e. The summed E-state index contributed by atoms with van der Waals surface area (Å²) in [7, 11) is -3.82. The average Bonchev–Trinajstić information content (AvgIpc) is 3.25. The van der Waals surface area contributed by atoms with Gasteiger partial charge >= 0.3 is 12.0 Å². The Morgan fingerprint density at radius 3 is 2.23 bits per heavy atom. The number of hydrogen-bond acceptors (Lipinski definition) is 6. The molecule has 1 aliphatic carbocycles. The van der Waals surface area contributed by atoms with Crippen molar-refractivity contribution in [3.05, 3.63) is 60.2 Å². The van der Waals surface area contributed by atoms with Crippen LogP contribution in [0.1, 0.15) is 36.0 Å². The Bertz CT molecular complexity index is 1030. The fraction of sp³-hybridized carbons (Fsp3) is 0.286. The molecule has 2 aromatic rings. The van der Waals surface area contributed by atoms with Gasteiger partial charge in [0.1, 0.15) is 0 Å². The average molecular weight is 445 g/mol. The highest BCUT2D eigenvalue weighted by molar-refractivity contribution is 7.92. The first-order valence-electron chi connectivity index (χ1n) is 9.79. The normalized spacial score (nSPS) is 13.9. The lowest BCUT2D eigenvalue weighted by molar-refractivity contribution is -0.123. The van der Waals surface area contributed by atoms with Crippen LogP contribution in [0.25, 0.3) is 0 Å². The lowest BCUT2D eigenvalue weighted by atomic mass is 10.2. The first-order valence-corrected chi connectivity index (χ1v) is 11.3. The summed E-state index contributed by atoms with van der Waals surface area (Å²) in [5, 5.41) is 4.80. The highest BCUT2D eigenvalue weighted by atomic mass is 32.2. The third-order valence-electron chi connectivity index (χ3n) is 4.70. The van der Waals surface area contributed by atoms with Gasteiger partial charge in [0, 0.05) is 11.7 Å². The summed E-state index contributed by atoms with van der Waals surface area (Å²) in [6, 6.07) is 12.9. The van der Waals surface area contributed by atoms with Gasteiger partial charge in [-0.2, -0.15) is 0 Å². The van der Waals surface area contributed by atoms with E-state index in [9.17, 15) is 22.8 Å². The van der Waals surface area contributed by atoms with Gasteiger partial charge in [-0.3, -0.25) is 14.8 Å². The van der Waals surface area contributed by atoms with Gasteiger partial charge in [0.05, 0.1) is 10.5 Å². The molecular formula is C21H23N3O6S. The van der Waals surface area contributed by atoms with E-state index in [1.807, 2.05) is 0 Å². The van der Waals surface area contributed by atoms with Gasteiger partial charge < -0.3 is 10.1 Å². The number of carbonyl (C=O) groups is 3. The minimum atomic E-state index is -3.82. The fourth-order valence-electron chi connectivity index (χ4n) is 3.16. The molecule has 0 spiro atoms. The van der Waals surface area contributed by atoms with E-state index in [1.165, 1.54) is 24.3 Å². The number of imide groups is 1. The molecule has 0 unspecified atom stereocenters. The summed E-state index contributed by atoms with van der Waals surface area (Å²) in [6.45, 7) is -0.632. The molecule has 3 N–H and O–H groups in total. The topological polar surface area (TPSA) is 131 Å². The van der Waals surface area contributed by atoms with Crippen LogP contribution in [-0.2, 0) is 19.6 Å². The van der Waals surface area contributed by atoms with E-state index in [0.717, 1.165) is 25.7 Å². The van der Waals surface area contributed by atoms with Gasteiger partial charge in [-0.1, -0.05) is 31.0 Å². The third-order valence-corrected chi connectivity index (χ3v) is 6.10. The number of urea groups is 1. The Hall–Kier alpha value is -3.40. The summed E-state index contributed by atoms with van der Waals surface area (Å²) >= 11 is 0. The SMILES string of the molecule is O=C(COC(=O)c1ccc(S(=O)(=O)Nc2ccccc2)cc1)NC(=O)NC1CCCC1. The second-order valence-corrected chi connectivity index (χ2v) is 8.76. The number of amides is 3. The van der Waals surface area contributed by atoms with Crippen LogP contribution in [0.2, 0.25) is 0 Å². The first kappa shape index (κ1) is 22.3. The molecule has 1 saturated carbocycles. The van der Waals surface area contributed by atoms with Crippen molar-refractivity contribution in [2.45, 2.75) is 36.6 Å². The molecule has 1 fully saturated rings. The van der Waals surface area contributed by atoms with Gasteiger partial charge in [0.25, 0.3) is 15.9 Å². The van der Waals surface area contributed by atoms with Crippen molar-refractivity contribution < 1.29 is 27.5 Å². The standard InChI is InChI=1S/C21H23N3O6S/c25-19(23-21(27)22-16-6-4-5-7-16)14-30-20(26)15-10-12-18(13-11-15)31(28,29)24-17-8-2-1-3-9-17/h1-3,8-13,16,24H,4-7,14H2,(H2,22,23,25,27). The van der Waals surface area contributed by atoms with Crippen LogP contribution >= 0.6 is 0 Å². The van der Waals surface area contributed by atoms with Gasteiger partial charge in [-0.25, -0.2) is 18.0 Å². The molecule has 0 aromatic heterocycles. The molecule has 2 aromatic carbocycles. The molecule has 31 heavy (non-hydrogen) atoms. The maximum absolute atomic E-state index is 12.4. The number of anilines is 1. The number of sulfonamides is 1. The van der Waals surface area contributed by atoms with Crippen molar-refractivity contribution in [1.82, 2.24) is 10.6 Å². The van der Waals surface area contributed by atoms with Crippen molar-refractivity contribution in [2.24, 2.45) is 0 Å². The van der Waals surface area contributed by atoms with Crippen molar-refractivity contribution in [1.29, 1.82) is 0 Å². The number of hydrogen-bond donors (Lipinski definition) is 3. The van der Waals surface area contributed by atoms with Crippen LogP contribution in [0, 0.1) is 0 Å². The number of rotatable bonds is 7. The molecule has 0 bridgehead atoms. The number of esters is 1. The zero-order valence-electron chi connectivity index (χ0n) is 16.7. The highest BCUT2D eigenvalue weighted by Crippen LogP contribution is 2.18. The Morgan fingerprint density at radius 1 is 0.935 bits per heavy atom. The summed E-state index contributed by atoms with van der Waals surface area (Å²) in [5.74, 6) is -1.57. The van der Waals surface area contributed by atoms with Crippen LogP contribution in [-0.4, -0.2) is 39.0 Å². The summed E-state index contributed by atoms with van der Waals surface area (Å²) in [6.07, 6.45) is 3.84.